The molecule has 6 heteroatoms. The molecule has 0 fully saturated rings. The van der Waals surface area contributed by atoms with E-state index in [4.69, 9.17) is 5.11 Å². The van der Waals surface area contributed by atoms with Gasteiger partial charge in [0, 0.05) is 11.9 Å². The Morgan fingerprint density at radius 1 is 1.62 bits per heavy atom. The summed E-state index contributed by atoms with van der Waals surface area (Å²) in [6.45, 7) is 2.14. The van der Waals surface area contributed by atoms with E-state index in [0.717, 1.165) is 0 Å². The van der Waals surface area contributed by atoms with Crippen molar-refractivity contribution >= 4 is 23.2 Å². The molecule has 0 saturated carbocycles. The van der Waals surface area contributed by atoms with E-state index in [1.54, 1.807) is 17.8 Å². The SMILES string of the molecule is CC(CCCNC(=O)c1cscn1)C(=O)O. The minimum Gasteiger partial charge on any atom is -0.481 e. The number of nitrogens with zero attached hydrogens (tertiary/aromatic N) is 1. The highest BCUT2D eigenvalue weighted by Gasteiger charge is 2.11. The van der Waals surface area contributed by atoms with Gasteiger partial charge in [-0.2, -0.15) is 0 Å². The normalized spacial score (nSPS) is 12.1. The van der Waals surface area contributed by atoms with Crippen LogP contribution in [0.25, 0.3) is 0 Å². The number of carboxylic acids is 1. The number of thiazole rings is 1. The number of aliphatic carboxylic acids is 1. The van der Waals surface area contributed by atoms with Gasteiger partial charge in [-0.1, -0.05) is 6.92 Å². The largest absolute Gasteiger partial charge is 0.481 e. The minimum absolute atomic E-state index is 0.204. The van der Waals surface area contributed by atoms with Crippen molar-refractivity contribution in [3.63, 3.8) is 0 Å². The van der Waals surface area contributed by atoms with E-state index < -0.39 is 5.97 Å². The average Bonchev–Trinajstić information content (AvgIpc) is 2.76. The first-order valence-electron chi connectivity index (χ1n) is 5.00. The van der Waals surface area contributed by atoms with Crippen LogP contribution in [-0.4, -0.2) is 28.5 Å². The van der Waals surface area contributed by atoms with E-state index >= 15 is 0 Å². The molecule has 0 aliphatic heterocycles. The second kappa shape index (κ2) is 6.22. The van der Waals surface area contributed by atoms with Gasteiger partial charge in [0.05, 0.1) is 11.4 Å². The van der Waals surface area contributed by atoms with Gasteiger partial charge < -0.3 is 10.4 Å². The molecule has 1 aromatic heterocycles. The van der Waals surface area contributed by atoms with E-state index in [1.807, 2.05) is 0 Å². The highest BCUT2D eigenvalue weighted by molar-refractivity contribution is 7.07. The molecule has 0 spiro atoms. The molecule has 1 unspecified atom stereocenters. The first-order chi connectivity index (χ1) is 7.61. The maximum absolute atomic E-state index is 11.4. The van der Waals surface area contributed by atoms with E-state index in [2.05, 4.69) is 10.3 Å². The average molecular weight is 242 g/mol. The zero-order chi connectivity index (χ0) is 12.0. The summed E-state index contributed by atoms with van der Waals surface area (Å²) in [5, 5.41) is 13.0. The first-order valence-corrected chi connectivity index (χ1v) is 5.94. The monoisotopic (exact) mass is 242 g/mol. The van der Waals surface area contributed by atoms with Crippen molar-refractivity contribution in [1.82, 2.24) is 10.3 Å². The number of rotatable bonds is 6. The van der Waals surface area contributed by atoms with Gasteiger partial charge in [-0.05, 0) is 12.8 Å². The second-order valence-corrected chi connectivity index (χ2v) is 4.23. The summed E-state index contributed by atoms with van der Waals surface area (Å²) in [6.07, 6.45) is 1.22. The molecule has 1 rings (SSSR count). The third kappa shape index (κ3) is 3.98. The lowest BCUT2D eigenvalue weighted by Gasteiger charge is -2.06. The molecule has 0 saturated heterocycles. The van der Waals surface area contributed by atoms with Crippen LogP contribution >= 0.6 is 11.3 Å². The number of hydrogen-bond donors (Lipinski definition) is 2. The summed E-state index contributed by atoms with van der Waals surface area (Å²) in [5.41, 5.74) is 2.01. The number of carbonyl (C=O) groups excluding carboxylic acids is 1. The van der Waals surface area contributed by atoms with Crippen molar-refractivity contribution in [3.05, 3.63) is 16.6 Å². The van der Waals surface area contributed by atoms with Crippen LogP contribution in [0.2, 0.25) is 0 Å². The topological polar surface area (TPSA) is 79.3 Å². The molecule has 16 heavy (non-hydrogen) atoms. The number of hydrogen-bond acceptors (Lipinski definition) is 4. The predicted octanol–water partition coefficient (Wildman–Crippen LogP) is 1.37. The van der Waals surface area contributed by atoms with Crippen molar-refractivity contribution in [2.75, 3.05) is 6.54 Å². The van der Waals surface area contributed by atoms with Crippen molar-refractivity contribution in [3.8, 4) is 0 Å². The summed E-state index contributed by atoms with van der Waals surface area (Å²) in [5.74, 6) is -1.37. The minimum atomic E-state index is -0.800. The lowest BCUT2D eigenvalue weighted by atomic mass is 10.1. The molecule has 0 bridgehead atoms. The molecule has 88 valence electrons. The van der Waals surface area contributed by atoms with E-state index in [-0.39, 0.29) is 11.8 Å². The van der Waals surface area contributed by atoms with E-state index in [1.165, 1.54) is 11.3 Å². The van der Waals surface area contributed by atoms with Crippen LogP contribution in [0.15, 0.2) is 10.9 Å². The standard InChI is InChI=1S/C10H14N2O3S/c1-7(10(14)15)3-2-4-11-9(13)8-5-16-6-12-8/h5-7H,2-4H2,1H3,(H,11,13)(H,14,15). The van der Waals surface area contributed by atoms with Crippen LogP contribution in [0.5, 0.6) is 0 Å². The molecule has 0 aliphatic rings. The number of aromatic nitrogens is 1. The van der Waals surface area contributed by atoms with Gasteiger partial charge in [0.1, 0.15) is 5.69 Å². The Hall–Kier alpha value is -1.43. The third-order valence-corrected chi connectivity index (χ3v) is 2.77. The smallest absolute Gasteiger partial charge is 0.306 e. The summed E-state index contributed by atoms with van der Waals surface area (Å²) < 4.78 is 0. The molecular formula is C10H14N2O3S. The van der Waals surface area contributed by atoms with Gasteiger partial charge in [0.15, 0.2) is 0 Å². The summed E-state index contributed by atoms with van der Waals surface area (Å²) in [6, 6.07) is 0. The zero-order valence-corrected chi connectivity index (χ0v) is 9.79. The fraction of sp³-hybridized carbons (Fsp3) is 0.500. The molecule has 1 amide bonds. The van der Waals surface area contributed by atoms with Crippen LogP contribution in [0, 0.1) is 5.92 Å². The molecular weight excluding hydrogens is 228 g/mol. The van der Waals surface area contributed by atoms with Gasteiger partial charge in [0.2, 0.25) is 0 Å². The van der Waals surface area contributed by atoms with Crippen molar-refractivity contribution in [2.24, 2.45) is 5.92 Å². The Kier molecular flexibility index (Phi) is 4.91. The van der Waals surface area contributed by atoms with Crippen LogP contribution in [0.3, 0.4) is 0 Å². The number of nitrogens with one attached hydrogen (secondary N) is 1. The highest BCUT2D eigenvalue weighted by Crippen LogP contribution is 2.05. The fourth-order valence-corrected chi connectivity index (χ4v) is 1.68. The lowest BCUT2D eigenvalue weighted by Crippen LogP contribution is -2.25. The molecule has 2 N–H and O–H groups in total. The Labute approximate surface area is 97.5 Å². The number of carboxylic acid groups (broad SMARTS) is 1. The van der Waals surface area contributed by atoms with E-state index in [9.17, 15) is 9.59 Å². The van der Waals surface area contributed by atoms with Gasteiger partial charge >= 0.3 is 5.97 Å². The molecule has 1 atom stereocenters. The maximum Gasteiger partial charge on any atom is 0.306 e. The summed E-state index contributed by atoms with van der Waals surface area (Å²) in [4.78, 5) is 25.8. The fourth-order valence-electron chi connectivity index (χ4n) is 1.15. The van der Waals surface area contributed by atoms with Gasteiger partial charge in [-0.15, -0.1) is 11.3 Å². The van der Waals surface area contributed by atoms with Crippen molar-refractivity contribution in [1.29, 1.82) is 0 Å². The van der Waals surface area contributed by atoms with Crippen LogP contribution < -0.4 is 5.32 Å². The van der Waals surface area contributed by atoms with Gasteiger partial charge in [-0.25, -0.2) is 4.98 Å². The third-order valence-electron chi connectivity index (χ3n) is 2.19. The Balaban J connectivity index is 2.17. The number of carbonyl (C=O) groups is 2. The van der Waals surface area contributed by atoms with Gasteiger partial charge in [-0.3, -0.25) is 9.59 Å². The van der Waals surface area contributed by atoms with E-state index in [0.29, 0.717) is 25.1 Å². The maximum atomic E-state index is 11.4. The molecule has 5 nitrogen and oxygen atoms in total. The van der Waals surface area contributed by atoms with Crippen molar-refractivity contribution < 1.29 is 14.7 Å². The van der Waals surface area contributed by atoms with Crippen LogP contribution in [0.1, 0.15) is 30.3 Å². The molecule has 0 aliphatic carbocycles. The Morgan fingerprint density at radius 2 is 2.38 bits per heavy atom. The molecule has 1 aromatic rings. The molecule has 1 heterocycles. The Morgan fingerprint density at radius 3 is 2.94 bits per heavy atom. The summed E-state index contributed by atoms with van der Waals surface area (Å²) >= 11 is 1.37. The highest BCUT2D eigenvalue weighted by atomic mass is 32.1. The molecule has 0 aromatic carbocycles. The van der Waals surface area contributed by atoms with Crippen LogP contribution in [0.4, 0.5) is 0 Å². The molecule has 0 radical (unpaired) electrons. The van der Waals surface area contributed by atoms with Gasteiger partial charge in [0.25, 0.3) is 5.91 Å². The summed E-state index contributed by atoms with van der Waals surface area (Å²) in [7, 11) is 0. The van der Waals surface area contributed by atoms with Crippen LogP contribution in [-0.2, 0) is 4.79 Å². The quantitative estimate of drug-likeness (QED) is 0.738. The lowest BCUT2D eigenvalue weighted by molar-refractivity contribution is -0.141. The zero-order valence-electron chi connectivity index (χ0n) is 8.97. The van der Waals surface area contributed by atoms with Crippen molar-refractivity contribution in [2.45, 2.75) is 19.8 Å². The predicted molar refractivity (Wildman–Crippen MR) is 60.5 cm³/mol. The Bertz CT molecular complexity index is 351. The second-order valence-electron chi connectivity index (χ2n) is 3.51. The first kappa shape index (κ1) is 12.6. The number of amides is 1.